The van der Waals surface area contributed by atoms with Crippen LogP contribution in [0.5, 0.6) is 0 Å². The van der Waals surface area contributed by atoms with Crippen molar-refractivity contribution in [3.63, 3.8) is 0 Å². The van der Waals surface area contributed by atoms with Gasteiger partial charge in [-0.15, -0.1) is 0 Å². The van der Waals surface area contributed by atoms with E-state index in [2.05, 4.69) is 15.4 Å². The first-order valence-electron chi connectivity index (χ1n) is 6.23. The van der Waals surface area contributed by atoms with Crippen LogP contribution in [-0.2, 0) is 11.3 Å². The number of nitrogens with one attached hydrogen (secondary N) is 1. The molecule has 104 valence electrons. The van der Waals surface area contributed by atoms with E-state index in [0.29, 0.717) is 18.8 Å². The van der Waals surface area contributed by atoms with Gasteiger partial charge in [-0.2, -0.15) is 0 Å². The molecule has 0 radical (unpaired) electrons. The van der Waals surface area contributed by atoms with Gasteiger partial charge in [-0.3, -0.25) is 9.69 Å². The first-order chi connectivity index (χ1) is 9.10. The Hall–Kier alpha value is -1.89. The van der Waals surface area contributed by atoms with E-state index >= 15 is 0 Å². The van der Waals surface area contributed by atoms with Crippen LogP contribution in [0.3, 0.4) is 0 Å². The van der Waals surface area contributed by atoms with Gasteiger partial charge < -0.3 is 14.9 Å². The molecule has 7 nitrogen and oxygen atoms in total. The molecular weight excluding hydrogens is 250 g/mol. The molecule has 19 heavy (non-hydrogen) atoms. The molecule has 1 aromatic heterocycles. The predicted octanol–water partition coefficient (Wildman–Crippen LogP) is 0.331. The average Bonchev–Trinajstić information content (AvgIpc) is 2.87. The summed E-state index contributed by atoms with van der Waals surface area (Å²) in [6, 6.07) is 1.42. The summed E-state index contributed by atoms with van der Waals surface area (Å²) in [5.74, 6) is -0.555. The molecule has 0 saturated carbocycles. The largest absolute Gasteiger partial charge is 0.476 e. The highest BCUT2D eigenvalue weighted by atomic mass is 16.5. The Balaban J connectivity index is 1.94. The van der Waals surface area contributed by atoms with Gasteiger partial charge >= 0.3 is 5.97 Å². The van der Waals surface area contributed by atoms with Crippen LogP contribution in [-0.4, -0.2) is 47.2 Å². The highest BCUT2D eigenvalue weighted by Gasteiger charge is 2.25. The van der Waals surface area contributed by atoms with E-state index in [1.807, 2.05) is 0 Å². The fraction of sp³-hybridized carbons (Fsp3) is 0.583. The molecule has 1 aliphatic rings. The zero-order chi connectivity index (χ0) is 13.8. The zero-order valence-corrected chi connectivity index (χ0v) is 10.8. The minimum atomic E-state index is -1.10. The van der Waals surface area contributed by atoms with Gasteiger partial charge in [0.25, 0.3) is 0 Å². The van der Waals surface area contributed by atoms with Crippen LogP contribution in [0.15, 0.2) is 10.6 Å². The second-order valence-corrected chi connectivity index (χ2v) is 4.67. The summed E-state index contributed by atoms with van der Waals surface area (Å²) in [6.07, 6.45) is 1.82. The second-order valence-electron chi connectivity index (χ2n) is 4.67. The molecule has 1 saturated heterocycles. The molecule has 2 rings (SSSR count). The van der Waals surface area contributed by atoms with Crippen LogP contribution >= 0.6 is 0 Å². The number of carbonyl (C=O) groups is 2. The first-order valence-corrected chi connectivity index (χ1v) is 6.23. The average molecular weight is 267 g/mol. The molecule has 1 aliphatic heterocycles. The van der Waals surface area contributed by atoms with E-state index in [1.54, 1.807) is 7.05 Å². The Morgan fingerprint density at radius 3 is 3.05 bits per heavy atom. The van der Waals surface area contributed by atoms with E-state index in [9.17, 15) is 9.59 Å². The van der Waals surface area contributed by atoms with Crippen molar-refractivity contribution in [3.8, 4) is 0 Å². The minimum absolute atomic E-state index is 0.0133. The number of piperidine rings is 1. The molecule has 7 heteroatoms. The first kappa shape index (κ1) is 13.5. The normalized spacial score (nSPS) is 20.2. The Bertz CT molecular complexity index is 471. The van der Waals surface area contributed by atoms with Crippen molar-refractivity contribution in [3.05, 3.63) is 17.5 Å². The molecule has 1 unspecified atom stereocenters. The Morgan fingerprint density at radius 1 is 1.63 bits per heavy atom. The van der Waals surface area contributed by atoms with Gasteiger partial charge in [-0.25, -0.2) is 4.79 Å². The number of hydrogen-bond acceptors (Lipinski definition) is 5. The number of hydrogen-bond donors (Lipinski definition) is 2. The molecule has 0 bridgehead atoms. The van der Waals surface area contributed by atoms with Crippen molar-refractivity contribution in [1.82, 2.24) is 15.4 Å². The van der Waals surface area contributed by atoms with Crippen LogP contribution in [0.2, 0.25) is 0 Å². The molecule has 1 atom stereocenters. The van der Waals surface area contributed by atoms with Crippen molar-refractivity contribution in [2.75, 3.05) is 20.1 Å². The molecule has 0 aromatic carbocycles. The smallest absolute Gasteiger partial charge is 0.358 e. The summed E-state index contributed by atoms with van der Waals surface area (Å²) < 4.78 is 4.98. The summed E-state index contributed by atoms with van der Waals surface area (Å²) in [4.78, 5) is 24.4. The van der Waals surface area contributed by atoms with Gasteiger partial charge in [0.15, 0.2) is 11.5 Å². The number of aromatic carboxylic acids is 1. The second kappa shape index (κ2) is 5.83. The van der Waals surface area contributed by atoms with Gasteiger partial charge in [-0.1, -0.05) is 5.16 Å². The van der Waals surface area contributed by atoms with Crippen molar-refractivity contribution < 1.29 is 19.2 Å². The predicted molar refractivity (Wildman–Crippen MR) is 65.5 cm³/mol. The number of carbonyl (C=O) groups excluding carboxylic acids is 1. The topological polar surface area (TPSA) is 95.7 Å². The Kier molecular flexibility index (Phi) is 4.16. The number of rotatable bonds is 4. The van der Waals surface area contributed by atoms with Crippen LogP contribution in [0.25, 0.3) is 0 Å². The van der Waals surface area contributed by atoms with E-state index in [0.717, 1.165) is 19.4 Å². The monoisotopic (exact) mass is 267 g/mol. The highest BCUT2D eigenvalue weighted by Crippen LogP contribution is 2.19. The van der Waals surface area contributed by atoms with E-state index in [-0.39, 0.29) is 17.5 Å². The van der Waals surface area contributed by atoms with Gasteiger partial charge in [-0.05, 0) is 19.4 Å². The zero-order valence-electron chi connectivity index (χ0n) is 10.8. The van der Waals surface area contributed by atoms with Crippen molar-refractivity contribution in [2.24, 2.45) is 5.92 Å². The summed E-state index contributed by atoms with van der Waals surface area (Å²) in [5, 5.41) is 14.9. The van der Waals surface area contributed by atoms with Crippen molar-refractivity contribution in [2.45, 2.75) is 19.4 Å². The van der Waals surface area contributed by atoms with Gasteiger partial charge in [0.1, 0.15) is 0 Å². The molecule has 0 aliphatic carbocycles. The number of nitrogens with zero attached hydrogens (tertiary/aromatic N) is 2. The quantitative estimate of drug-likeness (QED) is 0.816. The number of likely N-dealkylation sites (tertiary alicyclic amines) is 1. The van der Waals surface area contributed by atoms with Crippen molar-refractivity contribution in [1.29, 1.82) is 0 Å². The lowest BCUT2D eigenvalue weighted by atomic mass is 9.97. The maximum atomic E-state index is 11.6. The molecule has 0 spiro atoms. The van der Waals surface area contributed by atoms with E-state index in [4.69, 9.17) is 9.63 Å². The van der Waals surface area contributed by atoms with Gasteiger partial charge in [0.05, 0.1) is 12.5 Å². The van der Waals surface area contributed by atoms with Crippen LogP contribution < -0.4 is 5.32 Å². The fourth-order valence-corrected chi connectivity index (χ4v) is 2.33. The Morgan fingerprint density at radius 2 is 2.42 bits per heavy atom. The fourth-order valence-electron chi connectivity index (χ4n) is 2.33. The third-order valence-corrected chi connectivity index (χ3v) is 3.28. The number of aromatic nitrogens is 1. The highest BCUT2D eigenvalue weighted by molar-refractivity contribution is 5.85. The standard InChI is InChI=1S/C12H17N3O4/c1-13-11(16)8-3-2-4-15(6-8)7-9-5-10(12(17)18)14-19-9/h5,8H,2-4,6-7H2,1H3,(H,13,16)(H,17,18). The summed E-state index contributed by atoms with van der Waals surface area (Å²) in [6.45, 7) is 2.01. The van der Waals surface area contributed by atoms with Gasteiger partial charge in [0, 0.05) is 19.7 Å². The summed E-state index contributed by atoms with van der Waals surface area (Å²) >= 11 is 0. The van der Waals surface area contributed by atoms with E-state index in [1.165, 1.54) is 6.07 Å². The molecule has 1 amide bonds. The third-order valence-electron chi connectivity index (χ3n) is 3.28. The SMILES string of the molecule is CNC(=O)C1CCCN(Cc2cc(C(=O)O)no2)C1. The molecule has 2 N–H and O–H groups in total. The van der Waals surface area contributed by atoms with Crippen molar-refractivity contribution >= 4 is 11.9 Å². The Labute approximate surface area is 110 Å². The maximum absolute atomic E-state index is 11.6. The lowest BCUT2D eigenvalue weighted by molar-refractivity contribution is -0.126. The number of amides is 1. The molecule has 1 aromatic rings. The maximum Gasteiger partial charge on any atom is 0.358 e. The number of carboxylic acids is 1. The minimum Gasteiger partial charge on any atom is -0.476 e. The third kappa shape index (κ3) is 3.31. The van der Waals surface area contributed by atoms with E-state index < -0.39 is 5.97 Å². The molecular formula is C12H17N3O4. The summed E-state index contributed by atoms with van der Waals surface area (Å²) in [7, 11) is 1.64. The lowest BCUT2D eigenvalue weighted by Crippen LogP contribution is -2.41. The van der Waals surface area contributed by atoms with Crippen LogP contribution in [0.1, 0.15) is 29.1 Å². The number of carboxylic acid groups (broad SMARTS) is 1. The molecule has 1 fully saturated rings. The van der Waals surface area contributed by atoms with Gasteiger partial charge in [0.2, 0.25) is 5.91 Å². The summed E-state index contributed by atoms with van der Waals surface area (Å²) in [5.41, 5.74) is -0.0881. The lowest BCUT2D eigenvalue weighted by Gasteiger charge is -2.30. The van der Waals surface area contributed by atoms with Crippen LogP contribution in [0.4, 0.5) is 0 Å². The van der Waals surface area contributed by atoms with Crippen LogP contribution in [0, 0.1) is 5.92 Å². The molecule has 2 heterocycles.